The molecule has 0 fully saturated rings. The largest absolute Gasteiger partial charge is 0.308 e. The van der Waals surface area contributed by atoms with E-state index in [1.54, 1.807) is 13.8 Å². The fraction of sp³-hybridized carbons (Fsp3) is 0.286. The van der Waals surface area contributed by atoms with E-state index in [2.05, 4.69) is 15.5 Å². The van der Waals surface area contributed by atoms with E-state index in [9.17, 15) is 13.6 Å². The average Bonchev–Trinajstić information content (AvgIpc) is 2.74. The number of aromatic amines is 1. The molecular weight excluding hydrogens is 296 g/mol. The molecule has 110 valence electrons. The van der Waals surface area contributed by atoms with Gasteiger partial charge >= 0.3 is 0 Å². The van der Waals surface area contributed by atoms with Gasteiger partial charge in [0.05, 0.1) is 10.5 Å². The minimum Gasteiger partial charge on any atom is -0.308 e. The zero-order chi connectivity index (χ0) is 15.1. The molecular formula is C14H13F2N3OS. The first kappa shape index (κ1) is 14.1. The van der Waals surface area contributed by atoms with Crippen LogP contribution in [0.15, 0.2) is 18.2 Å². The van der Waals surface area contributed by atoms with Crippen molar-refractivity contribution >= 4 is 23.5 Å². The van der Waals surface area contributed by atoms with Crippen LogP contribution in [0, 0.1) is 18.6 Å². The van der Waals surface area contributed by atoms with E-state index < -0.39 is 22.1 Å². The summed E-state index contributed by atoms with van der Waals surface area (Å²) in [4.78, 5) is 12.0. The minimum absolute atomic E-state index is 0.202. The Morgan fingerprint density at radius 1 is 1.33 bits per heavy atom. The van der Waals surface area contributed by atoms with Gasteiger partial charge in [-0.1, -0.05) is 12.1 Å². The molecule has 2 N–H and O–H groups in total. The number of H-pyrrole nitrogens is 1. The summed E-state index contributed by atoms with van der Waals surface area (Å²) in [6.45, 7) is 3.52. The van der Waals surface area contributed by atoms with Crippen molar-refractivity contribution in [2.45, 2.75) is 24.3 Å². The standard InChI is InChI=1S/C14H13F2N3OS/c1-6-10-12(8-4-3-5-9(15)11(8)16)21-7(2)14(20)17-13(10)19-18-6/h3-5,7,12H,1-2H3,(H2,17,18,19,20)/t7-,12-/m1/s1. The normalized spacial score (nSPS) is 21.6. The van der Waals surface area contributed by atoms with Crippen molar-refractivity contribution in [3.63, 3.8) is 0 Å². The highest BCUT2D eigenvalue weighted by atomic mass is 32.2. The predicted molar refractivity (Wildman–Crippen MR) is 77.2 cm³/mol. The maximum atomic E-state index is 14.2. The van der Waals surface area contributed by atoms with E-state index in [-0.39, 0.29) is 11.5 Å². The minimum atomic E-state index is -0.896. The molecule has 4 nitrogen and oxygen atoms in total. The summed E-state index contributed by atoms with van der Waals surface area (Å²) in [5.41, 5.74) is 1.62. The number of anilines is 1. The number of amides is 1. The van der Waals surface area contributed by atoms with Gasteiger partial charge in [0.2, 0.25) is 5.91 Å². The molecule has 1 aliphatic rings. The van der Waals surface area contributed by atoms with Crippen molar-refractivity contribution in [3.05, 3.63) is 46.7 Å². The van der Waals surface area contributed by atoms with Gasteiger partial charge in [-0.15, -0.1) is 11.8 Å². The Labute approximate surface area is 124 Å². The maximum absolute atomic E-state index is 14.2. The van der Waals surface area contributed by atoms with Crippen LogP contribution in [-0.4, -0.2) is 21.4 Å². The molecule has 1 aromatic carbocycles. The molecule has 1 aliphatic heterocycles. The van der Waals surface area contributed by atoms with Crippen molar-refractivity contribution in [2.75, 3.05) is 5.32 Å². The molecule has 1 aromatic heterocycles. The molecule has 3 rings (SSSR count). The smallest absolute Gasteiger partial charge is 0.238 e. The molecule has 0 radical (unpaired) electrons. The molecule has 0 bridgehead atoms. The average molecular weight is 309 g/mol. The maximum Gasteiger partial charge on any atom is 0.238 e. The van der Waals surface area contributed by atoms with E-state index in [0.717, 1.165) is 11.8 Å². The lowest BCUT2D eigenvalue weighted by molar-refractivity contribution is -0.115. The van der Waals surface area contributed by atoms with Crippen LogP contribution in [-0.2, 0) is 4.79 Å². The third kappa shape index (κ3) is 2.31. The van der Waals surface area contributed by atoms with Crippen LogP contribution in [0.25, 0.3) is 0 Å². The molecule has 7 heteroatoms. The van der Waals surface area contributed by atoms with Gasteiger partial charge < -0.3 is 5.32 Å². The van der Waals surface area contributed by atoms with Crippen LogP contribution in [0.4, 0.5) is 14.6 Å². The lowest BCUT2D eigenvalue weighted by Crippen LogP contribution is -2.21. The Balaban J connectivity index is 2.18. The zero-order valence-corrected chi connectivity index (χ0v) is 12.2. The van der Waals surface area contributed by atoms with E-state index >= 15 is 0 Å². The number of carbonyl (C=O) groups is 1. The topological polar surface area (TPSA) is 57.8 Å². The summed E-state index contributed by atoms with van der Waals surface area (Å²) in [6, 6.07) is 4.08. The highest BCUT2D eigenvalue weighted by molar-refractivity contribution is 8.01. The second-order valence-corrected chi connectivity index (χ2v) is 6.35. The number of aryl methyl sites for hydroxylation is 1. The van der Waals surface area contributed by atoms with Gasteiger partial charge in [-0.25, -0.2) is 8.78 Å². The highest BCUT2D eigenvalue weighted by Crippen LogP contribution is 2.45. The molecule has 0 aliphatic carbocycles. The van der Waals surface area contributed by atoms with Crippen LogP contribution in [0.1, 0.15) is 29.0 Å². The molecule has 0 spiro atoms. The number of aromatic nitrogens is 2. The summed E-state index contributed by atoms with van der Waals surface area (Å²) in [5.74, 6) is -1.61. The van der Waals surface area contributed by atoms with Gasteiger partial charge in [-0.3, -0.25) is 9.89 Å². The van der Waals surface area contributed by atoms with Crippen LogP contribution < -0.4 is 5.32 Å². The van der Waals surface area contributed by atoms with Crippen molar-refractivity contribution < 1.29 is 13.6 Å². The van der Waals surface area contributed by atoms with Gasteiger partial charge in [-0.2, -0.15) is 5.10 Å². The predicted octanol–water partition coefficient (Wildman–Crippen LogP) is 3.16. The Kier molecular flexibility index (Phi) is 3.44. The van der Waals surface area contributed by atoms with Crippen LogP contribution in [0.5, 0.6) is 0 Å². The van der Waals surface area contributed by atoms with Crippen LogP contribution in [0.2, 0.25) is 0 Å². The van der Waals surface area contributed by atoms with Crippen molar-refractivity contribution in [3.8, 4) is 0 Å². The number of benzene rings is 1. The lowest BCUT2D eigenvalue weighted by atomic mass is 10.0. The first-order chi connectivity index (χ1) is 9.99. The third-order valence-corrected chi connectivity index (χ3v) is 4.86. The second kappa shape index (κ2) is 5.14. The SMILES string of the molecule is Cc1[nH]nc2c1[C@@H](c1cccc(F)c1F)S[C@H](C)C(=O)N2. The molecule has 2 aromatic rings. The van der Waals surface area contributed by atoms with Gasteiger partial charge in [0.1, 0.15) is 0 Å². The number of carbonyl (C=O) groups excluding carboxylic acids is 1. The van der Waals surface area contributed by atoms with Gasteiger partial charge in [0.15, 0.2) is 17.5 Å². The molecule has 2 atom stereocenters. The first-order valence-electron chi connectivity index (χ1n) is 6.44. The zero-order valence-electron chi connectivity index (χ0n) is 11.4. The summed E-state index contributed by atoms with van der Waals surface area (Å²) < 4.78 is 27.7. The number of hydrogen-bond acceptors (Lipinski definition) is 3. The molecule has 1 amide bonds. The van der Waals surface area contributed by atoms with Crippen molar-refractivity contribution in [2.24, 2.45) is 0 Å². The number of rotatable bonds is 1. The Morgan fingerprint density at radius 3 is 2.86 bits per heavy atom. The number of halogens is 2. The highest BCUT2D eigenvalue weighted by Gasteiger charge is 2.33. The lowest BCUT2D eigenvalue weighted by Gasteiger charge is -2.18. The fourth-order valence-electron chi connectivity index (χ4n) is 2.36. The summed E-state index contributed by atoms with van der Waals surface area (Å²) in [7, 11) is 0. The monoisotopic (exact) mass is 309 g/mol. The molecule has 0 saturated carbocycles. The van der Waals surface area contributed by atoms with Gasteiger partial charge in [-0.05, 0) is 19.9 Å². The van der Waals surface area contributed by atoms with E-state index in [0.29, 0.717) is 11.4 Å². The first-order valence-corrected chi connectivity index (χ1v) is 7.38. The summed E-state index contributed by atoms with van der Waals surface area (Å²) >= 11 is 1.27. The number of thioether (sulfide) groups is 1. The Morgan fingerprint density at radius 2 is 2.10 bits per heavy atom. The number of hydrogen-bond donors (Lipinski definition) is 2. The van der Waals surface area contributed by atoms with Gasteiger partial charge in [0, 0.05) is 16.8 Å². The van der Waals surface area contributed by atoms with Crippen molar-refractivity contribution in [1.29, 1.82) is 0 Å². The number of nitrogens with one attached hydrogen (secondary N) is 2. The van der Waals surface area contributed by atoms with Crippen LogP contribution >= 0.6 is 11.8 Å². The fourth-order valence-corrected chi connectivity index (χ4v) is 3.70. The Bertz CT molecular complexity index is 716. The number of nitrogens with zero attached hydrogens (tertiary/aromatic N) is 1. The number of fused-ring (bicyclic) bond motifs is 1. The van der Waals surface area contributed by atoms with E-state index in [4.69, 9.17) is 0 Å². The van der Waals surface area contributed by atoms with E-state index in [1.807, 2.05) is 0 Å². The quantitative estimate of drug-likeness (QED) is 0.851. The second-order valence-electron chi connectivity index (χ2n) is 4.90. The molecule has 0 saturated heterocycles. The van der Waals surface area contributed by atoms with Crippen LogP contribution in [0.3, 0.4) is 0 Å². The van der Waals surface area contributed by atoms with E-state index in [1.165, 1.54) is 23.9 Å². The van der Waals surface area contributed by atoms with Crippen molar-refractivity contribution in [1.82, 2.24) is 10.2 Å². The molecule has 0 unspecified atom stereocenters. The van der Waals surface area contributed by atoms with Gasteiger partial charge in [0.25, 0.3) is 0 Å². The Hall–Kier alpha value is -1.89. The summed E-state index contributed by atoms with van der Waals surface area (Å²) in [5, 5.41) is 8.64. The molecule has 2 heterocycles. The summed E-state index contributed by atoms with van der Waals surface area (Å²) in [6.07, 6.45) is 0. The molecule has 21 heavy (non-hydrogen) atoms. The third-order valence-electron chi connectivity index (χ3n) is 3.47.